The first kappa shape index (κ1) is 13.2. The molecule has 4 heteroatoms. The highest BCUT2D eigenvalue weighted by atomic mass is 16.3. The van der Waals surface area contributed by atoms with Crippen LogP contribution in [0, 0.1) is 13.8 Å². The summed E-state index contributed by atoms with van der Waals surface area (Å²) in [5, 5.41) is 1.05. The van der Waals surface area contributed by atoms with Crippen molar-refractivity contribution in [1.82, 2.24) is 4.90 Å². The lowest BCUT2D eigenvalue weighted by Gasteiger charge is -2.15. The molecule has 4 nitrogen and oxygen atoms in total. The third-order valence-electron chi connectivity index (χ3n) is 4.19. The molecule has 0 aliphatic carbocycles. The maximum absolute atomic E-state index is 12.3. The fraction of sp³-hybridized carbons (Fsp3) is 0.438. The van der Waals surface area contributed by atoms with E-state index in [1.54, 1.807) is 6.26 Å². The van der Waals surface area contributed by atoms with E-state index in [2.05, 4.69) is 19.9 Å². The number of furan rings is 1. The molecule has 0 radical (unpaired) electrons. The molecule has 2 aromatic rings. The van der Waals surface area contributed by atoms with E-state index in [1.165, 1.54) is 11.1 Å². The Labute approximate surface area is 118 Å². The lowest BCUT2D eigenvalue weighted by atomic mass is 10.0. The van der Waals surface area contributed by atoms with E-state index in [0.29, 0.717) is 13.0 Å². The zero-order chi connectivity index (χ0) is 14.3. The van der Waals surface area contributed by atoms with Gasteiger partial charge in [0.2, 0.25) is 5.91 Å². The number of fused-ring (bicyclic) bond motifs is 1. The van der Waals surface area contributed by atoms with Gasteiger partial charge in [0.05, 0.1) is 12.7 Å². The molecular weight excluding hydrogens is 252 g/mol. The van der Waals surface area contributed by atoms with Crippen LogP contribution < -0.4 is 5.73 Å². The molecule has 3 rings (SSSR count). The van der Waals surface area contributed by atoms with Crippen molar-refractivity contribution in [3.63, 3.8) is 0 Å². The third kappa shape index (κ3) is 2.31. The molecule has 1 amide bonds. The monoisotopic (exact) mass is 272 g/mol. The normalized spacial score (nSPS) is 18.9. The molecule has 1 aromatic carbocycles. The van der Waals surface area contributed by atoms with Crippen molar-refractivity contribution in [3.05, 3.63) is 35.1 Å². The lowest BCUT2D eigenvalue weighted by Crippen LogP contribution is -2.32. The van der Waals surface area contributed by atoms with Gasteiger partial charge in [-0.05, 0) is 43.5 Å². The number of benzene rings is 1. The van der Waals surface area contributed by atoms with Gasteiger partial charge in [0, 0.05) is 30.1 Å². The van der Waals surface area contributed by atoms with E-state index >= 15 is 0 Å². The summed E-state index contributed by atoms with van der Waals surface area (Å²) < 4.78 is 5.57. The molecule has 1 saturated heterocycles. The number of carbonyl (C=O) groups excluding carboxylic acids is 1. The van der Waals surface area contributed by atoms with Gasteiger partial charge in [-0.15, -0.1) is 0 Å². The molecule has 0 bridgehead atoms. The van der Waals surface area contributed by atoms with Gasteiger partial charge in [-0.2, -0.15) is 0 Å². The summed E-state index contributed by atoms with van der Waals surface area (Å²) in [6, 6.07) is 4.27. The first-order valence-electron chi connectivity index (χ1n) is 7.05. The average molecular weight is 272 g/mol. The summed E-state index contributed by atoms with van der Waals surface area (Å²) in [6.45, 7) is 5.58. The van der Waals surface area contributed by atoms with E-state index in [4.69, 9.17) is 10.2 Å². The number of hydrogen-bond acceptors (Lipinski definition) is 3. The molecule has 1 fully saturated rings. The Balaban J connectivity index is 1.84. The Morgan fingerprint density at radius 3 is 2.85 bits per heavy atom. The number of nitrogens with zero attached hydrogens (tertiary/aromatic N) is 1. The summed E-state index contributed by atoms with van der Waals surface area (Å²) in [5.41, 5.74) is 10.1. The Kier molecular flexibility index (Phi) is 3.26. The predicted octanol–water partition coefficient (Wildman–Crippen LogP) is 2.15. The van der Waals surface area contributed by atoms with Crippen LogP contribution in [0.25, 0.3) is 11.0 Å². The first-order valence-corrected chi connectivity index (χ1v) is 7.05. The van der Waals surface area contributed by atoms with Gasteiger partial charge >= 0.3 is 0 Å². The molecule has 2 N–H and O–H groups in total. The maximum atomic E-state index is 12.3. The van der Waals surface area contributed by atoms with Crippen molar-refractivity contribution in [2.45, 2.75) is 32.7 Å². The summed E-state index contributed by atoms with van der Waals surface area (Å²) in [4.78, 5) is 14.1. The van der Waals surface area contributed by atoms with Gasteiger partial charge in [0.1, 0.15) is 5.58 Å². The smallest absolute Gasteiger partial charge is 0.227 e. The second-order valence-electron chi connectivity index (χ2n) is 5.76. The Hall–Kier alpha value is -1.81. The number of carbonyl (C=O) groups is 1. The van der Waals surface area contributed by atoms with Crippen LogP contribution in [0.5, 0.6) is 0 Å². The first-order chi connectivity index (χ1) is 9.54. The van der Waals surface area contributed by atoms with Gasteiger partial charge in [0.25, 0.3) is 0 Å². The van der Waals surface area contributed by atoms with Crippen molar-refractivity contribution in [1.29, 1.82) is 0 Å². The van der Waals surface area contributed by atoms with E-state index in [-0.39, 0.29) is 11.9 Å². The maximum Gasteiger partial charge on any atom is 0.227 e. The van der Waals surface area contributed by atoms with Crippen molar-refractivity contribution >= 4 is 16.9 Å². The van der Waals surface area contributed by atoms with Gasteiger partial charge in [0.15, 0.2) is 0 Å². The molecule has 20 heavy (non-hydrogen) atoms. The molecule has 2 heterocycles. The quantitative estimate of drug-likeness (QED) is 0.911. The molecule has 0 unspecified atom stereocenters. The van der Waals surface area contributed by atoms with Crippen LogP contribution in [0.3, 0.4) is 0 Å². The predicted molar refractivity (Wildman–Crippen MR) is 78.6 cm³/mol. The number of likely N-dealkylation sites (tertiary alicyclic amines) is 1. The highest BCUT2D eigenvalue weighted by Gasteiger charge is 2.24. The summed E-state index contributed by atoms with van der Waals surface area (Å²) in [5.74, 6) is 0.138. The Bertz CT molecular complexity index is 660. The van der Waals surface area contributed by atoms with E-state index < -0.39 is 0 Å². The van der Waals surface area contributed by atoms with Crippen LogP contribution in [0.15, 0.2) is 22.8 Å². The van der Waals surface area contributed by atoms with Crippen molar-refractivity contribution in [2.24, 2.45) is 5.73 Å². The SMILES string of the molecule is Cc1cc2occ(CC(=O)N3CC[C@@H](N)C3)c2cc1C. The third-order valence-corrected chi connectivity index (χ3v) is 4.19. The number of nitrogens with two attached hydrogens (primary N) is 1. The number of aryl methyl sites for hydroxylation is 2. The molecule has 1 atom stereocenters. The highest BCUT2D eigenvalue weighted by Crippen LogP contribution is 2.25. The minimum atomic E-state index is 0.130. The Morgan fingerprint density at radius 1 is 1.40 bits per heavy atom. The van der Waals surface area contributed by atoms with Crippen molar-refractivity contribution in [3.8, 4) is 0 Å². The second kappa shape index (κ2) is 4.94. The molecule has 0 saturated carbocycles. The molecule has 106 valence electrons. The molecule has 1 aromatic heterocycles. The van der Waals surface area contributed by atoms with Crippen LogP contribution in [0.4, 0.5) is 0 Å². The summed E-state index contributed by atoms with van der Waals surface area (Å²) in [6.07, 6.45) is 3.00. The number of amides is 1. The fourth-order valence-electron chi connectivity index (χ4n) is 2.76. The van der Waals surface area contributed by atoms with Gasteiger partial charge in [-0.25, -0.2) is 0 Å². The highest BCUT2D eigenvalue weighted by molar-refractivity contribution is 5.88. The zero-order valence-corrected chi connectivity index (χ0v) is 12.0. The van der Waals surface area contributed by atoms with Crippen LogP contribution in [0.1, 0.15) is 23.1 Å². The lowest BCUT2D eigenvalue weighted by molar-refractivity contribution is -0.129. The minimum Gasteiger partial charge on any atom is -0.464 e. The average Bonchev–Trinajstić information content (AvgIpc) is 2.98. The van der Waals surface area contributed by atoms with Crippen molar-refractivity contribution in [2.75, 3.05) is 13.1 Å². The van der Waals surface area contributed by atoms with Gasteiger partial charge < -0.3 is 15.1 Å². The largest absolute Gasteiger partial charge is 0.464 e. The number of hydrogen-bond donors (Lipinski definition) is 1. The topological polar surface area (TPSA) is 59.5 Å². The minimum absolute atomic E-state index is 0.130. The van der Waals surface area contributed by atoms with E-state index in [9.17, 15) is 4.79 Å². The molecule has 1 aliphatic heterocycles. The zero-order valence-electron chi connectivity index (χ0n) is 12.0. The van der Waals surface area contributed by atoms with E-state index in [1.807, 2.05) is 11.0 Å². The standard InChI is InChI=1S/C16H20N2O2/c1-10-5-14-12(9-20-15(14)6-11(10)2)7-16(19)18-4-3-13(17)8-18/h5-6,9,13H,3-4,7-8,17H2,1-2H3/t13-/m1/s1. The molecular formula is C16H20N2O2. The summed E-state index contributed by atoms with van der Waals surface area (Å²) >= 11 is 0. The Morgan fingerprint density at radius 2 is 2.15 bits per heavy atom. The number of rotatable bonds is 2. The van der Waals surface area contributed by atoms with E-state index in [0.717, 1.165) is 29.5 Å². The second-order valence-corrected chi connectivity index (χ2v) is 5.76. The van der Waals surface area contributed by atoms with Crippen LogP contribution >= 0.6 is 0 Å². The van der Waals surface area contributed by atoms with Gasteiger partial charge in [-0.3, -0.25) is 4.79 Å². The fourth-order valence-corrected chi connectivity index (χ4v) is 2.76. The summed E-state index contributed by atoms with van der Waals surface area (Å²) in [7, 11) is 0. The van der Waals surface area contributed by atoms with Crippen molar-refractivity contribution < 1.29 is 9.21 Å². The van der Waals surface area contributed by atoms with Crippen LogP contribution in [-0.4, -0.2) is 29.9 Å². The molecule has 1 aliphatic rings. The van der Waals surface area contributed by atoms with Gasteiger partial charge in [-0.1, -0.05) is 0 Å². The van der Waals surface area contributed by atoms with Crippen LogP contribution in [0.2, 0.25) is 0 Å². The van der Waals surface area contributed by atoms with Crippen LogP contribution in [-0.2, 0) is 11.2 Å². The molecule has 0 spiro atoms.